The summed E-state index contributed by atoms with van der Waals surface area (Å²) in [4.78, 5) is 28.3. The lowest BCUT2D eigenvalue weighted by Crippen LogP contribution is -2.50. The van der Waals surface area contributed by atoms with Gasteiger partial charge in [-0.25, -0.2) is 4.98 Å². The minimum absolute atomic E-state index is 0.0183. The van der Waals surface area contributed by atoms with Crippen LogP contribution < -0.4 is 15.8 Å². The van der Waals surface area contributed by atoms with Gasteiger partial charge in [-0.2, -0.15) is 4.98 Å². The molecule has 0 spiro atoms. The highest BCUT2D eigenvalue weighted by atomic mass is 16.3. The average molecular weight is 477 g/mol. The van der Waals surface area contributed by atoms with Crippen LogP contribution in [0, 0.1) is 5.92 Å². The zero-order chi connectivity index (χ0) is 24.1. The van der Waals surface area contributed by atoms with E-state index < -0.39 is 0 Å². The van der Waals surface area contributed by atoms with Gasteiger partial charge in [-0.15, -0.1) is 0 Å². The normalized spacial score (nSPS) is 25.9. The standard InChI is InChI=1S/C27H36N6O2/c1-17-16-32(12-11-31(17)2)20-7-10-22-23(13-20)26(35)33(19-5-8-21(34)9-6-19)25-24(22)15-29-27(30-25)28-14-18-3-4-18/h7,10,13,15,17-19,21,34H,3-6,8-9,11-12,14,16H2,1-2H3,(H,28,29,30). The molecule has 3 aromatic rings. The summed E-state index contributed by atoms with van der Waals surface area (Å²) in [6.45, 7) is 6.04. The predicted octanol–water partition coefficient (Wildman–Crippen LogP) is 3.38. The second kappa shape index (κ2) is 9.06. The van der Waals surface area contributed by atoms with E-state index in [0.717, 1.165) is 60.9 Å². The van der Waals surface area contributed by atoms with Gasteiger partial charge in [-0.3, -0.25) is 9.36 Å². The number of aliphatic hydroxyl groups is 1. The van der Waals surface area contributed by atoms with Crippen molar-refractivity contribution >= 4 is 33.4 Å². The largest absolute Gasteiger partial charge is 0.393 e. The summed E-state index contributed by atoms with van der Waals surface area (Å²) in [5, 5.41) is 16.0. The number of anilines is 2. The summed E-state index contributed by atoms with van der Waals surface area (Å²) >= 11 is 0. The third-order valence-electron chi connectivity index (χ3n) is 8.34. The van der Waals surface area contributed by atoms with E-state index in [9.17, 15) is 9.90 Å². The molecule has 35 heavy (non-hydrogen) atoms. The van der Waals surface area contributed by atoms with Crippen molar-refractivity contribution in [3.63, 3.8) is 0 Å². The molecule has 1 saturated heterocycles. The van der Waals surface area contributed by atoms with Crippen molar-refractivity contribution in [2.45, 2.75) is 63.6 Å². The van der Waals surface area contributed by atoms with Crippen LogP contribution in [0.1, 0.15) is 51.5 Å². The zero-order valence-electron chi connectivity index (χ0n) is 20.8. The van der Waals surface area contributed by atoms with E-state index in [0.29, 0.717) is 36.4 Å². The highest BCUT2D eigenvalue weighted by Crippen LogP contribution is 2.33. The van der Waals surface area contributed by atoms with Crippen molar-refractivity contribution in [3.05, 3.63) is 34.7 Å². The minimum Gasteiger partial charge on any atom is -0.393 e. The first-order valence-corrected chi connectivity index (χ1v) is 13.2. The van der Waals surface area contributed by atoms with Gasteiger partial charge in [-0.05, 0) is 75.9 Å². The second-order valence-electron chi connectivity index (χ2n) is 10.9. The van der Waals surface area contributed by atoms with Gasteiger partial charge in [0.2, 0.25) is 5.95 Å². The number of hydrogen-bond donors (Lipinski definition) is 2. The van der Waals surface area contributed by atoms with Gasteiger partial charge in [0.05, 0.1) is 11.5 Å². The summed E-state index contributed by atoms with van der Waals surface area (Å²) in [5.41, 5.74) is 1.83. The molecule has 3 aliphatic rings. The van der Waals surface area contributed by atoms with Crippen molar-refractivity contribution in [2.24, 2.45) is 5.92 Å². The van der Waals surface area contributed by atoms with Crippen molar-refractivity contribution in [1.29, 1.82) is 0 Å². The topological polar surface area (TPSA) is 86.5 Å². The summed E-state index contributed by atoms with van der Waals surface area (Å²) in [7, 11) is 2.17. The van der Waals surface area contributed by atoms with E-state index in [-0.39, 0.29) is 17.7 Å². The Balaban J connectivity index is 1.47. The Hall–Kier alpha value is -2.71. The van der Waals surface area contributed by atoms with E-state index in [1.807, 2.05) is 10.8 Å². The lowest BCUT2D eigenvalue weighted by atomic mass is 9.92. The van der Waals surface area contributed by atoms with E-state index in [2.05, 4.69) is 52.3 Å². The van der Waals surface area contributed by atoms with Crippen LogP contribution in [0.15, 0.2) is 29.2 Å². The van der Waals surface area contributed by atoms with Crippen LogP contribution in [-0.4, -0.2) is 69.9 Å². The number of aliphatic hydroxyl groups excluding tert-OH is 1. The minimum atomic E-state index is -0.273. The molecule has 1 unspecified atom stereocenters. The SMILES string of the molecule is CC1CN(c2ccc3c(c2)c(=O)n(C2CCC(O)CC2)c2nc(NCC4CC4)ncc32)CCN1C. The number of aromatic nitrogens is 3. The number of likely N-dealkylation sites (N-methyl/N-ethyl adjacent to an activating group) is 1. The smallest absolute Gasteiger partial charge is 0.260 e. The highest BCUT2D eigenvalue weighted by Gasteiger charge is 2.27. The van der Waals surface area contributed by atoms with Gasteiger partial charge in [0.1, 0.15) is 5.65 Å². The maximum Gasteiger partial charge on any atom is 0.260 e. The Morgan fingerprint density at radius 1 is 1.06 bits per heavy atom. The molecular weight excluding hydrogens is 440 g/mol. The molecule has 3 heterocycles. The molecule has 1 aliphatic heterocycles. The fourth-order valence-corrected chi connectivity index (χ4v) is 5.69. The van der Waals surface area contributed by atoms with Gasteiger partial charge in [0.15, 0.2) is 0 Å². The average Bonchev–Trinajstić information content (AvgIpc) is 3.70. The molecule has 0 radical (unpaired) electrons. The molecule has 1 aromatic carbocycles. The second-order valence-corrected chi connectivity index (χ2v) is 10.9. The number of fused-ring (bicyclic) bond motifs is 3. The molecule has 8 nitrogen and oxygen atoms in total. The molecule has 0 bridgehead atoms. The Bertz CT molecular complexity index is 1290. The number of rotatable bonds is 5. The van der Waals surface area contributed by atoms with Crippen LogP contribution in [0.3, 0.4) is 0 Å². The van der Waals surface area contributed by atoms with Gasteiger partial charge < -0.3 is 20.2 Å². The molecule has 3 fully saturated rings. The predicted molar refractivity (Wildman–Crippen MR) is 140 cm³/mol. The lowest BCUT2D eigenvalue weighted by Gasteiger charge is -2.39. The molecule has 2 saturated carbocycles. The quantitative estimate of drug-likeness (QED) is 0.546. The van der Waals surface area contributed by atoms with Crippen LogP contribution in [0.5, 0.6) is 0 Å². The fourth-order valence-electron chi connectivity index (χ4n) is 5.69. The van der Waals surface area contributed by atoms with E-state index in [4.69, 9.17) is 4.98 Å². The molecule has 1 atom stereocenters. The molecule has 2 aromatic heterocycles. The Morgan fingerprint density at radius 3 is 2.60 bits per heavy atom. The molecule has 8 heteroatoms. The highest BCUT2D eigenvalue weighted by molar-refractivity contribution is 6.05. The van der Waals surface area contributed by atoms with Gasteiger partial charge >= 0.3 is 0 Å². The monoisotopic (exact) mass is 476 g/mol. The first-order valence-electron chi connectivity index (χ1n) is 13.2. The molecular formula is C27H36N6O2. The van der Waals surface area contributed by atoms with Crippen molar-refractivity contribution in [1.82, 2.24) is 19.4 Å². The third-order valence-corrected chi connectivity index (χ3v) is 8.34. The van der Waals surface area contributed by atoms with Gasteiger partial charge in [0.25, 0.3) is 5.56 Å². The van der Waals surface area contributed by atoms with Crippen LogP contribution >= 0.6 is 0 Å². The Labute approximate surface area is 206 Å². The maximum atomic E-state index is 14.1. The third kappa shape index (κ3) is 4.38. The molecule has 6 rings (SSSR count). The summed E-state index contributed by atoms with van der Waals surface area (Å²) in [5.74, 6) is 1.31. The van der Waals surface area contributed by atoms with Crippen molar-refractivity contribution in [3.8, 4) is 0 Å². The van der Waals surface area contributed by atoms with Crippen LogP contribution in [0.4, 0.5) is 11.6 Å². The number of nitrogens with zero attached hydrogens (tertiary/aromatic N) is 5. The van der Waals surface area contributed by atoms with Gasteiger partial charge in [0, 0.05) is 55.5 Å². The molecule has 186 valence electrons. The van der Waals surface area contributed by atoms with E-state index in [1.54, 1.807) is 0 Å². The first-order chi connectivity index (χ1) is 17.0. The van der Waals surface area contributed by atoms with Crippen LogP contribution in [-0.2, 0) is 0 Å². The Morgan fingerprint density at radius 2 is 1.86 bits per heavy atom. The van der Waals surface area contributed by atoms with Crippen LogP contribution in [0.2, 0.25) is 0 Å². The number of piperazine rings is 1. The number of pyridine rings is 1. The molecule has 2 N–H and O–H groups in total. The summed E-state index contributed by atoms with van der Waals surface area (Å²) in [6, 6.07) is 6.79. The van der Waals surface area contributed by atoms with Crippen LogP contribution in [0.25, 0.3) is 21.8 Å². The van der Waals surface area contributed by atoms with E-state index >= 15 is 0 Å². The maximum absolute atomic E-state index is 14.1. The lowest BCUT2D eigenvalue weighted by molar-refractivity contribution is 0.111. The van der Waals surface area contributed by atoms with E-state index in [1.165, 1.54) is 12.8 Å². The molecule has 2 aliphatic carbocycles. The summed E-state index contributed by atoms with van der Waals surface area (Å²) in [6.07, 6.45) is 7.12. The summed E-state index contributed by atoms with van der Waals surface area (Å²) < 4.78 is 1.91. The zero-order valence-corrected chi connectivity index (χ0v) is 20.8. The van der Waals surface area contributed by atoms with Gasteiger partial charge in [-0.1, -0.05) is 6.07 Å². The number of hydrogen-bond acceptors (Lipinski definition) is 7. The van der Waals surface area contributed by atoms with Crippen molar-refractivity contribution < 1.29 is 5.11 Å². The molecule has 0 amide bonds. The first kappa shape index (κ1) is 22.7. The number of nitrogens with one attached hydrogen (secondary N) is 1. The van der Waals surface area contributed by atoms with Crippen molar-refractivity contribution in [2.75, 3.05) is 43.4 Å². The number of benzene rings is 1. The Kier molecular flexibility index (Phi) is 5.89. The fraction of sp³-hybridized carbons (Fsp3) is 0.593.